The van der Waals surface area contributed by atoms with Crippen LogP contribution >= 0.6 is 39.3 Å². The summed E-state index contributed by atoms with van der Waals surface area (Å²) in [5, 5.41) is 15.7. The van der Waals surface area contributed by atoms with E-state index in [1.807, 2.05) is 50.5 Å². The molecule has 10 heteroatoms. The summed E-state index contributed by atoms with van der Waals surface area (Å²) in [5.41, 5.74) is 2.15. The van der Waals surface area contributed by atoms with Gasteiger partial charge in [-0.3, -0.25) is 9.59 Å². The zero-order valence-corrected chi connectivity index (χ0v) is 22.6. The summed E-state index contributed by atoms with van der Waals surface area (Å²) in [6, 6.07) is 12.3. The monoisotopic (exact) mass is 563 g/mol. The van der Waals surface area contributed by atoms with E-state index >= 15 is 0 Å². The molecule has 2 aromatic carbocycles. The minimum atomic E-state index is -0.371. The van der Waals surface area contributed by atoms with E-state index in [4.69, 9.17) is 11.6 Å². The Labute approximate surface area is 217 Å². The van der Waals surface area contributed by atoms with Crippen LogP contribution in [0, 0.1) is 12.8 Å². The SMILES string of the molecule is CCn1c(SCC(=O)Nc2ccc(Br)cc2C)nnc1[C@H](NC(=O)c1ccccc1Cl)C(C)C. The minimum absolute atomic E-state index is 0.0578. The Bertz CT molecular complexity index is 1180. The van der Waals surface area contributed by atoms with Gasteiger partial charge in [0.05, 0.1) is 22.4 Å². The van der Waals surface area contributed by atoms with Gasteiger partial charge in [-0.1, -0.05) is 65.3 Å². The summed E-state index contributed by atoms with van der Waals surface area (Å²) < 4.78 is 2.89. The molecule has 2 N–H and O–H groups in total. The second kappa shape index (κ2) is 11.9. The quantitative estimate of drug-likeness (QED) is 0.317. The lowest BCUT2D eigenvalue weighted by Gasteiger charge is -2.22. The van der Waals surface area contributed by atoms with Gasteiger partial charge in [0.25, 0.3) is 5.91 Å². The molecular weight excluding hydrogens is 538 g/mol. The first-order valence-corrected chi connectivity index (χ1v) is 13.0. The summed E-state index contributed by atoms with van der Waals surface area (Å²) >= 11 is 10.9. The topological polar surface area (TPSA) is 88.9 Å². The molecular formula is C24H27BrClN5O2S. The number of halogens is 2. The molecule has 0 spiro atoms. The van der Waals surface area contributed by atoms with E-state index in [9.17, 15) is 9.59 Å². The number of aromatic nitrogens is 3. The van der Waals surface area contributed by atoms with Crippen LogP contribution in [-0.4, -0.2) is 32.3 Å². The second-order valence-electron chi connectivity index (χ2n) is 8.06. The molecule has 3 rings (SSSR count). The molecule has 180 valence electrons. The van der Waals surface area contributed by atoms with Crippen LogP contribution in [0.1, 0.15) is 48.6 Å². The van der Waals surface area contributed by atoms with Crippen molar-refractivity contribution < 1.29 is 9.59 Å². The predicted octanol–water partition coefficient (Wildman–Crippen LogP) is 5.88. The summed E-state index contributed by atoms with van der Waals surface area (Å²) in [6.45, 7) is 8.54. The molecule has 2 amide bonds. The maximum atomic E-state index is 12.9. The summed E-state index contributed by atoms with van der Waals surface area (Å²) in [6.07, 6.45) is 0. The number of benzene rings is 2. The normalized spacial score (nSPS) is 12.0. The highest BCUT2D eigenvalue weighted by molar-refractivity contribution is 9.10. The van der Waals surface area contributed by atoms with Crippen molar-refractivity contribution in [3.8, 4) is 0 Å². The second-order valence-corrected chi connectivity index (χ2v) is 10.3. The highest BCUT2D eigenvalue weighted by Crippen LogP contribution is 2.27. The molecule has 0 saturated carbocycles. The van der Waals surface area contributed by atoms with Gasteiger partial charge in [-0.15, -0.1) is 10.2 Å². The van der Waals surface area contributed by atoms with E-state index in [0.717, 1.165) is 15.7 Å². The van der Waals surface area contributed by atoms with Crippen molar-refractivity contribution >= 4 is 56.8 Å². The van der Waals surface area contributed by atoms with Crippen LogP contribution in [-0.2, 0) is 11.3 Å². The van der Waals surface area contributed by atoms with Crippen molar-refractivity contribution in [2.24, 2.45) is 5.92 Å². The minimum Gasteiger partial charge on any atom is -0.342 e. The lowest BCUT2D eigenvalue weighted by Crippen LogP contribution is -2.34. The van der Waals surface area contributed by atoms with E-state index in [1.165, 1.54) is 11.8 Å². The van der Waals surface area contributed by atoms with Gasteiger partial charge in [-0.05, 0) is 55.7 Å². The number of carbonyl (C=O) groups excluding carboxylic acids is 2. The highest BCUT2D eigenvalue weighted by atomic mass is 79.9. The molecule has 0 saturated heterocycles. The number of anilines is 1. The van der Waals surface area contributed by atoms with Gasteiger partial charge in [0.15, 0.2) is 11.0 Å². The van der Waals surface area contributed by atoms with Gasteiger partial charge in [-0.25, -0.2) is 0 Å². The molecule has 34 heavy (non-hydrogen) atoms. The Morgan fingerprint density at radius 2 is 1.91 bits per heavy atom. The third kappa shape index (κ3) is 6.40. The Morgan fingerprint density at radius 1 is 1.18 bits per heavy atom. The number of carbonyl (C=O) groups is 2. The first-order valence-electron chi connectivity index (χ1n) is 10.9. The fourth-order valence-electron chi connectivity index (χ4n) is 3.41. The fraction of sp³-hybridized carbons (Fsp3) is 0.333. The fourth-order valence-corrected chi connectivity index (χ4v) is 4.92. The lowest BCUT2D eigenvalue weighted by molar-refractivity contribution is -0.113. The van der Waals surface area contributed by atoms with E-state index in [-0.39, 0.29) is 29.5 Å². The first-order chi connectivity index (χ1) is 16.2. The highest BCUT2D eigenvalue weighted by Gasteiger charge is 2.26. The van der Waals surface area contributed by atoms with Crippen molar-refractivity contribution in [2.75, 3.05) is 11.1 Å². The zero-order chi connectivity index (χ0) is 24.8. The number of hydrogen-bond donors (Lipinski definition) is 2. The van der Waals surface area contributed by atoms with Crippen LogP contribution in [0.4, 0.5) is 5.69 Å². The van der Waals surface area contributed by atoms with E-state index in [2.05, 4.69) is 36.8 Å². The van der Waals surface area contributed by atoms with Gasteiger partial charge < -0.3 is 15.2 Å². The molecule has 0 fully saturated rings. The summed E-state index contributed by atoms with van der Waals surface area (Å²) in [4.78, 5) is 25.4. The molecule has 1 aromatic heterocycles. The van der Waals surface area contributed by atoms with E-state index in [0.29, 0.717) is 28.1 Å². The van der Waals surface area contributed by atoms with Gasteiger partial charge in [-0.2, -0.15) is 0 Å². The van der Waals surface area contributed by atoms with Crippen LogP contribution in [0.5, 0.6) is 0 Å². The van der Waals surface area contributed by atoms with Crippen LogP contribution in [0.3, 0.4) is 0 Å². The molecule has 0 aliphatic carbocycles. The van der Waals surface area contributed by atoms with Gasteiger partial charge in [0.2, 0.25) is 5.91 Å². The van der Waals surface area contributed by atoms with Gasteiger partial charge in [0.1, 0.15) is 0 Å². The van der Waals surface area contributed by atoms with Crippen LogP contribution in [0.25, 0.3) is 0 Å². The third-order valence-corrected chi connectivity index (χ3v) is 7.00. The molecule has 1 heterocycles. The number of thioether (sulfide) groups is 1. The molecule has 0 bridgehead atoms. The van der Waals surface area contributed by atoms with E-state index < -0.39 is 0 Å². The summed E-state index contributed by atoms with van der Waals surface area (Å²) in [5.74, 6) is 0.488. The molecule has 3 aromatic rings. The van der Waals surface area contributed by atoms with Crippen molar-refractivity contribution in [3.05, 3.63) is 68.9 Å². The molecule has 0 aliphatic heterocycles. The molecule has 0 unspecified atom stereocenters. The Kier molecular flexibility index (Phi) is 9.16. The van der Waals surface area contributed by atoms with Crippen molar-refractivity contribution in [1.29, 1.82) is 0 Å². The molecule has 7 nitrogen and oxygen atoms in total. The summed E-state index contributed by atoms with van der Waals surface area (Å²) in [7, 11) is 0. The maximum Gasteiger partial charge on any atom is 0.253 e. The molecule has 0 radical (unpaired) electrons. The van der Waals surface area contributed by atoms with Crippen LogP contribution in [0.2, 0.25) is 5.02 Å². The Hall–Kier alpha value is -2.36. The Balaban J connectivity index is 1.72. The van der Waals surface area contributed by atoms with Crippen molar-refractivity contribution in [1.82, 2.24) is 20.1 Å². The van der Waals surface area contributed by atoms with E-state index in [1.54, 1.807) is 24.3 Å². The number of rotatable bonds is 9. The zero-order valence-electron chi connectivity index (χ0n) is 19.4. The van der Waals surface area contributed by atoms with Crippen LogP contribution < -0.4 is 10.6 Å². The van der Waals surface area contributed by atoms with Crippen molar-refractivity contribution in [3.63, 3.8) is 0 Å². The van der Waals surface area contributed by atoms with Crippen LogP contribution in [0.15, 0.2) is 52.1 Å². The number of nitrogens with zero attached hydrogens (tertiary/aromatic N) is 3. The number of aryl methyl sites for hydroxylation is 1. The average molecular weight is 565 g/mol. The van der Waals surface area contributed by atoms with Crippen molar-refractivity contribution in [2.45, 2.75) is 45.4 Å². The van der Waals surface area contributed by atoms with Gasteiger partial charge >= 0.3 is 0 Å². The smallest absolute Gasteiger partial charge is 0.253 e. The number of amides is 2. The number of nitrogens with one attached hydrogen (secondary N) is 2. The first kappa shape index (κ1) is 26.2. The lowest BCUT2D eigenvalue weighted by atomic mass is 10.0. The molecule has 0 aliphatic rings. The Morgan fingerprint density at radius 3 is 2.56 bits per heavy atom. The largest absolute Gasteiger partial charge is 0.342 e. The predicted molar refractivity (Wildman–Crippen MR) is 140 cm³/mol. The maximum absolute atomic E-state index is 12.9. The average Bonchev–Trinajstić information content (AvgIpc) is 3.20. The molecule has 1 atom stereocenters. The van der Waals surface area contributed by atoms with Gasteiger partial charge in [0, 0.05) is 16.7 Å². The standard InChI is InChI=1S/C24H27BrClN5O2S/c1-5-31-22(21(14(2)3)28-23(33)17-8-6-7-9-18(17)26)29-30-24(31)34-13-20(32)27-19-11-10-16(25)12-15(19)4/h6-12,14,21H,5,13H2,1-4H3,(H,27,32)(H,28,33)/t21-/m1/s1. The number of hydrogen-bond acceptors (Lipinski definition) is 5. The third-order valence-electron chi connectivity index (χ3n) is 5.21.